The molecule has 0 radical (unpaired) electrons. The van der Waals surface area contributed by atoms with Gasteiger partial charge in [-0.15, -0.1) is 0 Å². The molecule has 0 aliphatic heterocycles. The third-order valence-electron chi connectivity index (χ3n) is 8.39. The predicted molar refractivity (Wildman–Crippen MR) is 223 cm³/mol. The lowest BCUT2D eigenvalue weighted by Crippen LogP contribution is -2.29. The number of phosphoric acid groups is 1. The minimum Gasteiger partial charge on any atom is -0.462 e. The first-order valence-corrected chi connectivity index (χ1v) is 22.4. The van der Waals surface area contributed by atoms with Crippen LogP contribution in [-0.4, -0.2) is 65.7 Å². The van der Waals surface area contributed by atoms with Crippen molar-refractivity contribution in [3.63, 3.8) is 0 Å². The topological polar surface area (TPSA) is 149 Å². The maximum atomic E-state index is 12.6. The molecule has 0 heterocycles. The molecular formula is C44H75O10P. The van der Waals surface area contributed by atoms with E-state index in [1.807, 2.05) is 12.2 Å². The van der Waals surface area contributed by atoms with Crippen LogP contribution >= 0.6 is 7.82 Å². The fraction of sp³-hybridized carbons (Fsp3) is 0.682. The van der Waals surface area contributed by atoms with Crippen LogP contribution in [0.1, 0.15) is 155 Å². The fourth-order valence-corrected chi connectivity index (χ4v) is 5.98. The molecule has 0 aromatic carbocycles. The number of hydrogen-bond donors (Lipinski definition) is 3. The smallest absolute Gasteiger partial charge is 0.462 e. The van der Waals surface area contributed by atoms with Gasteiger partial charge >= 0.3 is 19.8 Å². The highest BCUT2D eigenvalue weighted by Crippen LogP contribution is 2.43. The molecule has 3 N–H and O–H groups in total. The van der Waals surface area contributed by atoms with Crippen molar-refractivity contribution >= 4 is 19.8 Å². The molecule has 0 saturated carbocycles. The first-order chi connectivity index (χ1) is 26.7. The largest absolute Gasteiger partial charge is 0.472 e. The van der Waals surface area contributed by atoms with Gasteiger partial charge in [0.2, 0.25) is 0 Å². The van der Waals surface area contributed by atoms with E-state index in [2.05, 4.69) is 79.1 Å². The Morgan fingerprint density at radius 1 is 0.564 bits per heavy atom. The third kappa shape index (κ3) is 39.4. The average molecular weight is 795 g/mol. The molecule has 11 heteroatoms. The number of phosphoric ester groups is 1. The molecule has 0 fully saturated rings. The van der Waals surface area contributed by atoms with Gasteiger partial charge in [0, 0.05) is 12.8 Å². The minimum atomic E-state index is -4.64. The number of ether oxygens (including phenoxy) is 2. The van der Waals surface area contributed by atoms with Crippen LogP contribution in [0.2, 0.25) is 0 Å². The van der Waals surface area contributed by atoms with Crippen molar-refractivity contribution < 1.29 is 47.8 Å². The maximum absolute atomic E-state index is 12.6. The second kappa shape index (κ2) is 39.6. The molecule has 0 aliphatic rings. The number of unbranched alkanes of at least 4 members (excludes halogenated alkanes) is 12. The van der Waals surface area contributed by atoms with Gasteiger partial charge in [-0.05, 0) is 51.4 Å². The van der Waals surface area contributed by atoms with E-state index in [1.54, 1.807) is 0 Å². The van der Waals surface area contributed by atoms with E-state index < -0.39 is 51.8 Å². The Balaban J connectivity index is 4.46. The Kier molecular flexibility index (Phi) is 37.8. The van der Waals surface area contributed by atoms with Gasteiger partial charge in [-0.2, -0.15) is 0 Å². The van der Waals surface area contributed by atoms with Gasteiger partial charge in [0.1, 0.15) is 12.7 Å². The summed E-state index contributed by atoms with van der Waals surface area (Å²) in [6.07, 6.45) is 44.5. The first-order valence-electron chi connectivity index (χ1n) is 20.9. The van der Waals surface area contributed by atoms with Crippen LogP contribution in [0.3, 0.4) is 0 Å². The normalized spacial score (nSPS) is 14.6. The number of carbonyl (C=O) groups excluding carboxylic acids is 2. The van der Waals surface area contributed by atoms with E-state index in [9.17, 15) is 24.2 Å². The van der Waals surface area contributed by atoms with Crippen LogP contribution in [0.5, 0.6) is 0 Å². The van der Waals surface area contributed by atoms with Gasteiger partial charge in [-0.1, -0.05) is 164 Å². The summed E-state index contributed by atoms with van der Waals surface area (Å²) in [7, 11) is -4.64. The van der Waals surface area contributed by atoms with E-state index in [0.717, 1.165) is 57.8 Å². The second-order valence-electron chi connectivity index (χ2n) is 13.6. The summed E-state index contributed by atoms with van der Waals surface area (Å²) in [4.78, 5) is 34.9. The number of hydrogen-bond acceptors (Lipinski definition) is 9. The summed E-state index contributed by atoms with van der Waals surface area (Å²) in [5.41, 5.74) is 0. The summed E-state index contributed by atoms with van der Waals surface area (Å²) >= 11 is 0. The van der Waals surface area contributed by atoms with Crippen LogP contribution in [0, 0.1) is 0 Å². The lowest BCUT2D eigenvalue weighted by Gasteiger charge is -2.20. The molecular weight excluding hydrogens is 719 g/mol. The van der Waals surface area contributed by atoms with Crippen LogP contribution < -0.4 is 0 Å². The van der Waals surface area contributed by atoms with Crippen molar-refractivity contribution in [3.8, 4) is 0 Å². The quantitative estimate of drug-likeness (QED) is 0.0239. The summed E-state index contributed by atoms with van der Waals surface area (Å²) in [6.45, 7) is 2.16. The van der Waals surface area contributed by atoms with Gasteiger partial charge in [0.15, 0.2) is 6.10 Å². The summed E-state index contributed by atoms with van der Waals surface area (Å²) in [6, 6.07) is 0. The first kappa shape index (κ1) is 52.4. The number of aliphatic hydroxyl groups is 2. The van der Waals surface area contributed by atoms with E-state index in [4.69, 9.17) is 19.1 Å². The fourth-order valence-electron chi connectivity index (χ4n) is 5.19. The lowest BCUT2D eigenvalue weighted by atomic mass is 10.0. The number of aliphatic hydroxyl groups excluding tert-OH is 2. The summed E-state index contributed by atoms with van der Waals surface area (Å²) in [5.74, 6) is -1.03. The highest BCUT2D eigenvalue weighted by atomic mass is 31.2. The zero-order chi connectivity index (χ0) is 40.5. The predicted octanol–water partition coefficient (Wildman–Crippen LogP) is 10.9. The van der Waals surface area contributed by atoms with Crippen molar-refractivity contribution in [2.75, 3.05) is 26.4 Å². The zero-order valence-corrected chi connectivity index (χ0v) is 35.0. The molecule has 0 saturated heterocycles. The Morgan fingerprint density at radius 2 is 1.00 bits per heavy atom. The van der Waals surface area contributed by atoms with Crippen molar-refractivity contribution in [1.29, 1.82) is 0 Å². The molecule has 1 unspecified atom stereocenters. The highest BCUT2D eigenvalue weighted by molar-refractivity contribution is 7.47. The monoisotopic (exact) mass is 795 g/mol. The minimum absolute atomic E-state index is 0.0571. The second-order valence-corrected chi connectivity index (χ2v) is 15.1. The molecule has 0 bridgehead atoms. The van der Waals surface area contributed by atoms with Gasteiger partial charge in [-0.3, -0.25) is 18.6 Å². The van der Waals surface area contributed by atoms with Crippen molar-refractivity contribution in [1.82, 2.24) is 0 Å². The standard InChI is InChI=1S/C44H75O10P/c1-3-5-7-9-11-13-15-17-18-19-20-21-22-24-26-28-30-32-34-36-44(48)54-42(40-53-55(49,50)52-38-41(46)37-45)39-51-43(47)35-33-31-29-27-25-23-16-14-12-10-8-6-4-2/h5,7,11,13,17-18,20-21,24,26,30,32,41-42,45-46H,3-4,6,8-10,12,14-16,19,22-23,25,27-29,31,33-40H2,1-2H3,(H,49,50)/t41-,42+/m0/s1. The van der Waals surface area contributed by atoms with Crippen LogP contribution in [-0.2, 0) is 32.7 Å². The molecule has 0 amide bonds. The molecule has 55 heavy (non-hydrogen) atoms. The third-order valence-corrected chi connectivity index (χ3v) is 9.34. The van der Waals surface area contributed by atoms with Gasteiger partial charge in [0.25, 0.3) is 0 Å². The Labute approximate surface area is 333 Å². The Morgan fingerprint density at radius 3 is 1.47 bits per heavy atom. The SMILES string of the molecule is CCC=CCC=CCC=CCC=CCC=CCC=CCCC(=O)O[C@H](COC(=O)CCCCCCCCCCCCCCC)COP(=O)(O)OC[C@@H](O)CO. The Bertz CT molecular complexity index is 1140. The van der Waals surface area contributed by atoms with Crippen LogP contribution in [0.25, 0.3) is 0 Å². The van der Waals surface area contributed by atoms with Gasteiger partial charge in [-0.25, -0.2) is 4.57 Å². The maximum Gasteiger partial charge on any atom is 0.472 e. The average Bonchev–Trinajstić information content (AvgIpc) is 3.17. The van der Waals surface area contributed by atoms with E-state index >= 15 is 0 Å². The highest BCUT2D eigenvalue weighted by Gasteiger charge is 2.27. The lowest BCUT2D eigenvalue weighted by molar-refractivity contribution is -0.161. The molecule has 3 atom stereocenters. The van der Waals surface area contributed by atoms with Crippen molar-refractivity contribution in [2.24, 2.45) is 0 Å². The van der Waals surface area contributed by atoms with Crippen LogP contribution in [0.15, 0.2) is 72.9 Å². The number of carbonyl (C=O) groups is 2. The Hall–Kier alpha value is -2.59. The summed E-state index contributed by atoms with van der Waals surface area (Å²) < 4.78 is 32.6. The number of esters is 2. The van der Waals surface area contributed by atoms with Crippen molar-refractivity contribution in [2.45, 2.75) is 167 Å². The molecule has 316 valence electrons. The molecule has 0 spiro atoms. The van der Waals surface area contributed by atoms with E-state index in [-0.39, 0.29) is 19.4 Å². The molecule has 10 nitrogen and oxygen atoms in total. The summed E-state index contributed by atoms with van der Waals surface area (Å²) in [5, 5.41) is 18.3. The molecule has 0 rings (SSSR count). The number of allylic oxidation sites excluding steroid dienone is 12. The van der Waals surface area contributed by atoms with Crippen LogP contribution in [0.4, 0.5) is 0 Å². The molecule has 0 aromatic rings. The molecule has 0 aliphatic carbocycles. The van der Waals surface area contributed by atoms with E-state index in [1.165, 1.54) is 57.8 Å². The van der Waals surface area contributed by atoms with Crippen molar-refractivity contribution in [3.05, 3.63) is 72.9 Å². The zero-order valence-electron chi connectivity index (χ0n) is 34.1. The van der Waals surface area contributed by atoms with E-state index in [0.29, 0.717) is 12.8 Å². The van der Waals surface area contributed by atoms with Gasteiger partial charge in [0.05, 0.1) is 19.8 Å². The van der Waals surface area contributed by atoms with Gasteiger partial charge < -0.3 is 24.6 Å². The molecule has 0 aromatic heterocycles. The number of rotatable bonds is 38.